The molecule has 1 aliphatic heterocycles. The number of urea groups is 1. The molecule has 0 radical (unpaired) electrons. The van der Waals surface area contributed by atoms with Crippen LogP contribution in [0.1, 0.15) is 44.6 Å². The molecular formula is C23H34N6O6. The van der Waals surface area contributed by atoms with E-state index in [2.05, 4.69) is 22.7 Å². The Labute approximate surface area is 204 Å². The van der Waals surface area contributed by atoms with Crippen LogP contribution in [0.15, 0.2) is 29.4 Å². The lowest BCUT2D eigenvalue weighted by Gasteiger charge is -2.18. The van der Waals surface area contributed by atoms with Gasteiger partial charge in [-0.05, 0) is 37.1 Å². The van der Waals surface area contributed by atoms with Crippen molar-refractivity contribution in [3.8, 4) is 0 Å². The fourth-order valence-corrected chi connectivity index (χ4v) is 3.20. The molecule has 1 aromatic rings. The minimum Gasteiger partial charge on any atom is -0.466 e. The number of hydrogen-bond acceptors (Lipinski definition) is 7. The highest BCUT2D eigenvalue weighted by Crippen LogP contribution is 2.22. The van der Waals surface area contributed by atoms with Crippen molar-refractivity contribution in [2.24, 2.45) is 10.9 Å². The number of benzene rings is 1. The molecular weight excluding hydrogens is 456 g/mol. The van der Waals surface area contributed by atoms with Gasteiger partial charge in [-0.1, -0.05) is 24.9 Å². The van der Waals surface area contributed by atoms with Gasteiger partial charge in [0.2, 0.25) is 5.91 Å². The van der Waals surface area contributed by atoms with E-state index in [1.54, 1.807) is 29.2 Å². The van der Waals surface area contributed by atoms with Crippen molar-refractivity contribution < 1.29 is 28.8 Å². The average molecular weight is 491 g/mol. The van der Waals surface area contributed by atoms with Gasteiger partial charge in [0.05, 0.1) is 13.0 Å². The Bertz CT molecular complexity index is 918. The summed E-state index contributed by atoms with van der Waals surface area (Å²) in [5, 5.41) is 8.82. The number of nitrogens with two attached hydrogens (primary N) is 1. The molecule has 1 atom stereocenters. The summed E-state index contributed by atoms with van der Waals surface area (Å²) >= 11 is 0. The first-order valence-electron chi connectivity index (χ1n) is 11.6. The number of rotatable bonds is 11. The number of unbranched alkanes of at least 4 members (excludes halogenated alkanes) is 2. The van der Waals surface area contributed by atoms with Crippen molar-refractivity contribution in [3.63, 3.8) is 0 Å². The lowest BCUT2D eigenvalue weighted by molar-refractivity contribution is -0.143. The standard InChI is InChI=1S/C23H34N6O6/c1-4-5-6-15-34-19(30)11-13-25-22(32)26-18-12-14-29(21(18)31)17-9-7-16(8-10-17)20(24)27-35-23(33)28(2)3/h7-10,18H,4-6,11-15H2,1-3H3,(H2,24,27)(H2,25,26,32). The van der Waals surface area contributed by atoms with E-state index in [-0.39, 0.29) is 30.7 Å². The number of nitrogens with zero attached hydrogens (tertiary/aromatic N) is 3. The molecule has 12 heteroatoms. The monoisotopic (exact) mass is 490 g/mol. The van der Waals surface area contributed by atoms with Crippen molar-refractivity contribution in [1.29, 1.82) is 0 Å². The number of amidine groups is 1. The number of nitrogens with one attached hydrogen (secondary N) is 2. The fourth-order valence-electron chi connectivity index (χ4n) is 3.20. The minimum atomic E-state index is -0.673. The number of esters is 1. The van der Waals surface area contributed by atoms with E-state index < -0.39 is 18.2 Å². The molecule has 12 nitrogen and oxygen atoms in total. The average Bonchev–Trinajstić information content (AvgIpc) is 3.19. The van der Waals surface area contributed by atoms with Gasteiger partial charge >= 0.3 is 18.1 Å². The molecule has 1 aliphatic rings. The molecule has 1 unspecified atom stereocenters. The molecule has 1 fully saturated rings. The molecule has 1 aromatic carbocycles. The molecule has 192 valence electrons. The summed E-state index contributed by atoms with van der Waals surface area (Å²) in [6.07, 6.45) is 2.72. The van der Waals surface area contributed by atoms with Gasteiger partial charge in [-0.2, -0.15) is 0 Å². The molecule has 1 heterocycles. The van der Waals surface area contributed by atoms with Gasteiger partial charge < -0.3 is 30.9 Å². The van der Waals surface area contributed by atoms with Crippen molar-refractivity contribution in [1.82, 2.24) is 15.5 Å². The second-order valence-electron chi connectivity index (χ2n) is 8.18. The number of anilines is 1. The summed E-state index contributed by atoms with van der Waals surface area (Å²) < 4.78 is 5.09. The van der Waals surface area contributed by atoms with E-state index in [9.17, 15) is 19.2 Å². The van der Waals surface area contributed by atoms with E-state index in [0.717, 1.165) is 19.3 Å². The lowest BCUT2D eigenvalue weighted by atomic mass is 10.2. The summed E-state index contributed by atoms with van der Waals surface area (Å²) in [5.74, 6) is -0.597. The lowest BCUT2D eigenvalue weighted by Crippen LogP contribution is -2.46. The highest BCUT2D eigenvalue weighted by Gasteiger charge is 2.33. The third kappa shape index (κ3) is 8.80. The van der Waals surface area contributed by atoms with Gasteiger partial charge in [0.25, 0.3) is 0 Å². The molecule has 0 bridgehead atoms. The fraction of sp³-hybridized carbons (Fsp3) is 0.522. The molecule has 0 aromatic heterocycles. The summed E-state index contributed by atoms with van der Waals surface area (Å²) in [4.78, 5) is 55.4. The SMILES string of the molecule is CCCCCOC(=O)CCNC(=O)NC1CCN(c2ccc(C(N)=NOC(=O)N(C)C)cc2)C1=O. The van der Waals surface area contributed by atoms with Crippen molar-refractivity contribution in [2.75, 3.05) is 38.7 Å². The Kier molecular flexibility index (Phi) is 10.8. The Balaban J connectivity index is 1.79. The molecule has 4 N–H and O–H groups in total. The third-order valence-corrected chi connectivity index (χ3v) is 5.20. The van der Waals surface area contributed by atoms with E-state index in [4.69, 9.17) is 15.3 Å². The topological polar surface area (TPSA) is 156 Å². The van der Waals surface area contributed by atoms with Crippen LogP contribution in [0.4, 0.5) is 15.3 Å². The first-order valence-corrected chi connectivity index (χ1v) is 11.6. The van der Waals surface area contributed by atoms with Crippen molar-refractivity contribution >= 4 is 35.5 Å². The quantitative estimate of drug-likeness (QED) is 0.106. The zero-order valence-electron chi connectivity index (χ0n) is 20.4. The smallest absolute Gasteiger partial charge is 0.435 e. The molecule has 4 amide bonds. The summed E-state index contributed by atoms with van der Waals surface area (Å²) in [5.41, 5.74) is 6.99. The number of ether oxygens (including phenoxy) is 1. The maximum absolute atomic E-state index is 12.8. The highest BCUT2D eigenvalue weighted by atomic mass is 16.7. The van der Waals surface area contributed by atoms with E-state index in [1.807, 2.05) is 0 Å². The Morgan fingerprint density at radius 3 is 2.57 bits per heavy atom. The van der Waals surface area contributed by atoms with E-state index in [0.29, 0.717) is 30.8 Å². The van der Waals surface area contributed by atoms with Crippen LogP contribution < -0.4 is 21.3 Å². The number of hydrogen-bond donors (Lipinski definition) is 3. The Morgan fingerprint density at radius 1 is 1.20 bits per heavy atom. The molecule has 2 rings (SSSR count). The van der Waals surface area contributed by atoms with Gasteiger partial charge in [0.15, 0.2) is 5.84 Å². The van der Waals surface area contributed by atoms with Gasteiger partial charge in [-0.25, -0.2) is 9.59 Å². The largest absolute Gasteiger partial charge is 0.466 e. The van der Waals surface area contributed by atoms with Crippen LogP contribution in [0.2, 0.25) is 0 Å². The molecule has 35 heavy (non-hydrogen) atoms. The zero-order valence-corrected chi connectivity index (χ0v) is 20.4. The molecule has 0 aliphatic carbocycles. The third-order valence-electron chi connectivity index (χ3n) is 5.20. The van der Waals surface area contributed by atoms with Crippen LogP contribution in [-0.4, -0.2) is 74.6 Å². The number of oxime groups is 1. The first kappa shape index (κ1) is 27.4. The van der Waals surface area contributed by atoms with Gasteiger partial charge in [0.1, 0.15) is 6.04 Å². The Morgan fingerprint density at radius 2 is 1.91 bits per heavy atom. The van der Waals surface area contributed by atoms with Crippen LogP contribution in [-0.2, 0) is 19.2 Å². The summed E-state index contributed by atoms with van der Waals surface area (Å²) in [6, 6.07) is 5.50. The van der Waals surface area contributed by atoms with Crippen LogP contribution in [0.5, 0.6) is 0 Å². The first-order chi connectivity index (χ1) is 16.7. The Hall–Kier alpha value is -3.83. The van der Waals surface area contributed by atoms with Gasteiger partial charge in [-0.15, -0.1) is 0 Å². The number of carbonyl (C=O) groups is 4. The highest BCUT2D eigenvalue weighted by molar-refractivity contribution is 6.02. The maximum atomic E-state index is 12.8. The van der Waals surface area contributed by atoms with Crippen LogP contribution in [0, 0.1) is 0 Å². The molecule has 0 saturated carbocycles. The van der Waals surface area contributed by atoms with Crippen molar-refractivity contribution in [3.05, 3.63) is 29.8 Å². The van der Waals surface area contributed by atoms with Crippen LogP contribution in [0.3, 0.4) is 0 Å². The predicted molar refractivity (Wildman–Crippen MR) is 130 cm³/mol. The van der Waals surface area contributed by atoms with E-state index in [1.165, 1.54) is 19.0 Å². The van der Waals surface area contributed by atoms with Crippen molar-refractivity contribution in [2.45, 2.75) is 45.1 Å². The zero-order chi connectivity index (χ0) is 25.8. The predicted octanol–water partition coefficient (Wildman–Crippen LogP) is 1.53. The minimum absolute atomic E-state index is 0.0144. The van der Waals surface area contributed by atoms with Crippen LogP contribution in [0.25, 0.3) is 0 Å². The normalized spacial score (nSPS) is 15.5. The van der Waals surface area contributed by atoms with Gasteiger partial charge in [0, 0.05) is 38.4 Å². The number of carbonyl (C=O) groups excluding carboxylic acids is 4. The van der Waals surface area contributed by atoms with E-state index >= 15 is 0 Å². The number of amides is 4. The van der Waals surface area contributed by atoms with Crippen LogP contribution >= 0.6 is 0 Å². The maximum Gasteiger partial charge on any atom is 0.435 e. The second-order valence-corrected chi connectivity index (χ2v) is 8.18. The second kappa shape index (κ2) is 13.8. The summed E-state index contributed by atoms with van der Waals surface area (Å²) in [7, 11) is 3.04. The summed E-state index contributed by atoms with van der Waals surface area (Å²) in [6.45, 7) is 3.00. The molecule has 1 saturated heterocycles. The molecule has 0 spiro atoms. The van der Waals surface area contributed by atoms with Gasteiger partial charge in [-0.3, -0.25) is 14.4 Å².